The number of quaternary nitrogens is 2. The number of hydrogen-bond donors (Lipinski definition) is 4. The van der Waals surface area contributed by atoms with Crippen LogP contribution in [0, 0.1) is 0 Å². The lowest BCUT2D eigenvalue weighted by atomic mass is 10.6. The number of hydrogen-bond acceptors (Lipinski definition) is 6. The van der Waals surface area contributed by atoms with Crippen LogP contribution in [0.3, 0.4) is 0 Å². The van der Waals surface area contributed by atoms with Crippen LogP contribution in [0.15, 0.2) is 0 Å². The van der Waals surface area contributed by atoms with Crippen molar-refractivity contribution in [1.82, 2.24) is 0 Å². The number of rotatable bonds is 4. The Kier molecular flexibility index (Phi) is 4.28. The van der Waals surface area contributed by atoms with Crippen LogP contribution in [0.5, 0.6) is 0 Å². The molecule has 0 aromatic heterocycles. The van der Waals surface area contributed by atoms with Gasteiger partial charge in [0, 0.05) is 0 Å². The minimum Gasteiger partial charge on any atom is -0.324 e. The quantitative estimate of drug-likeness (QED) is 0.259. The summed E-state index contributed by atoms with van der Waals surface area (Å²) in [6.07, 6.45) is 0. The molecule has 0 aliphatic heterocycles. The molecule has 0 fully saturated rings. The van der Waals surface area contributed by atoms with Gasteiger partial charge in [0.25, 0.3) is 0 Å². The molecule has 10 N–H and O–H groups in total. The summed E-state index contributed by atoms with van der Waals surface area (Å²) in [6.45, 7) is -0.681. The summed E-state index contributed by atoms with van der Waals surface area (Å²) in [5.41, 5.74) is 16.4. The first-order valence-corrected chi connectivity index (χ1v) is 3.46. The van der Waals surface area contributed by atoms with Gasteiger partial charge in [0.15, 0.2) is 0 Å². The van der Waals surface area contributed by atoms with Crippen molar-refractivity contribution in [3.8, 4) is 0 Å². The molecule has 0 atom stereocenters. The summed E-state index contributed by atoms with van der Waals surface area (Å²) >= 11 is 0. The minimum absolute atomic E-state index is 0.340. The molecule has 0 amide bonds. The molecule has 0 radical (unpaired) electrons. The molecule has 0 aliphatic carbocycles. The number of esters is 2. The van der Waals surface area contributed by atoms with Gasteiger partial charge in [-0.25, -0.2) is 11.5 Å². The highest BCUT2D eigenvalue weighted by Crippen LogP contribution is 1.92. The van der Waals surface area contributed by atoms with E-state index in [1.54, 1.807) is 0 Å². The van der Waals surface area contributed by atoms with Crippen molar-refractivity contribution in [2.45, 2.75) is 6.03 Å². The molecule has 0 saturated carbocycles. The Hall–Kier alpha value is -1.22. The van der Waals surface area contributed by atoms with E-state index in [4.69, 9.17) is 11.5 Å². The van der Waals surface area contributed by atoms with Crippen molar-refractivity contribution in [3.63, 3.8) is 0 Å². The van der Waals surface area contributed by atoms with Crippen molar-refractivity contribution in [1.29, 1.82) is 0 Å². The van der Waals surface area contributed by atoms with Crippen LogP contribution in [0.25, 0.3) is 0 Å². The summed E-state index contributed by atoms with van der Waals surface area (Å²) in [4.78, 5) is 21.3. The summed E-state index contributed by atoms with van der Waals surface area (Å²) in [6, 6.07) is -1.81. The lowest BCUT2D eigenvalue weighted by Gasteiger charge is -2.14. The van der Waals surface area contributed by atoms with E-state index >= 15 is 0 Å². The fourth-order valence-electron chi connectivity index (χ4n) is 0.519. The molecule has 8 heteroatoms. The highest BCUT2D eigenvalue weighted by molar-refractivity contribution is 5.73. The van der Waals surface area contributed by atoms with Crippen LogP contribution in [-0.4, -0.2) is 31.1 Å². The molecule has 0 bridgehead atoms. The normalized spacial score (nSPS) is 10.8. The molecule has 0 aromatic rings. The summed E-state index contributed by atoms with van der Waals surface area (Å²) in [5, 5.41) is 0. The monoisotopic (exact) mass is 194 g/mol. The van der Waals surface area contributed by atoms with E-state index in [2.05, 4.69) is 20.9 Å². The molecular formula is C5H14N4O4+2. The lowest BCUT2D eigenvalue weighted by Crippen LogP contribution is -2.98. The Morgan fingerprint density at radius 3 is 1.62 bits per heavy atom. The van der Waals surface area contributed by atoms with Gasteiger partial charge in [0.05, 0.1) is 13.1 Å². The maximum atomic E-state index is 10.6. The van der Waals surface area contributed by atoms with Gasteiger partial charge in [0.2, 0.25) is 0 Å². The van der Waals surface area contributed by atoms with Gasteiger partial charge in [-0.1, -0.05) is 0 Å². The summed E-state index contributed by atoms with van der Waals surface area (Å²) < 4.78 is 8.95. The smallest absolute Gasteiger partial charge is 0.324 e. The highest BCUT2D eigenvalue weighted by atomic mass is 16.8. The highest BCUT2D eigenvalue weighted by Gasteiger charge is 2.37. The number of carbonyl (C=O) groups is 2. The van der Waals surface area contributed by atoms with E-state index in [9.17, 15) is 9.59 Å². The van der Waals surface area contributed by atoms with Gasteiger partial charge in [-0.3, -0.25) is 9.59 Å². The Balaban J connectivity index is 4.07. The summed E-state index contributed by atoms with van der Waals surface area (Å²) in [7, 11) is 0. The van der Waals surface area contributed by atoms with Gasteiger partial charge in [-0.15, -0.1) is 0 Å². The molecular weight excluding hydrogens is 180 g/mol. The topological polar surface area (TPSA) is 160 Å². The Morgan fingerprint density at radius 2 is 1.38 bits per heavy atom. The van der Waals surface area contributed by atoms with Gasteiger partial charge < -0.3 is 20.9 Å². The predicted octanol–water partition coefficient (Wildman–Crippen LogP) is -4.91. The van der Waals surface area contributed by atoms with E-state index < -0.39 is 18.0 Å². The van der Waals surface area contributed by atoms with Crippen molar-refractivity contribution in [3.05, 3.63) is 0 Å². The van der Waals surface area contributed by atoms with Crippen LogP contribution >= 0.6 is 0 Å². The number of ether oxygens (including phenoxy) is 2. The zero-order chi connectivity index (χ0) is 10.5. The van der Waals surface area contributed by atoms with Crippen LogP contribution in [-0.2, 0) is 19.1 Å². The Bertz CT molecular complexity index is 185. The van der Waals surface area contributed by atoms with Crippen molar-refractivity contribution in [2.75, 3.05) is 13.1 Å². The first-order chi connectivity index (χ1) is 5.91. The first kappa shape index (κ1) is 11.8. The molecule has 76 valence electrons. The molecule has 8 nitrogen and oxygen atoms in total. The lowest BCUT2D eigenvalue weighted by molar-refractivity contribution is -0.832. The molecule has 0 aromatic carbocycles. The average molecular weight is 194 g/mol. The fraction of sp³-hybridized carbons (Fsp3) is 0.600. The van der Waals surface area contributed by atoms with Crippen molar-refractivity contribution in [2.24, 2.45) is 11.5 Å². The van der Waals surface area contributed by atoms with Gasteiger partial charge in [-0.05, 0) is 0 Å². The third-order valence-corrected chi connectivity index (χ3v) is 0.933. The van der Waals surface area contributed by atoms with E-state index in [1.165, 1.54) is 0 Å². The molecule has 13 heavy (non-hydrogen) atoms. The standard InChI is InChI=1S/C5H12N4O4/c6-1-3(10)12-5(8,9)13-4(11)2-7/h1-2,6-9H2/p+2. The maximum Gasteiger partial charge on any atom is 0.557 e. The number of nitrogens with two attached hydrogens (primary N) is 2. The average Bonchev–Trinajstić information content (AvgIpc) is 2.02. The maximum absolute atomic E-state index is 10.6. The van der Waals surface area contributed by atoms with E-state index in [1.807, 2.05) is 0 Å². The van der Waals surface area contributed by atoms with Gasteiger partial charge >= 0.3 is 18.0 Å². The van der Waals surface area contributed by atoms with E-state index in [0.717, 1.165) is 0 Å². The Labute approximate surface area is 74.1 Å². The van der Waals surface area contributed by atoms with Crippen molar-refractivity contribution < 1.29 is 30.5 Å². The Morgan fingerprint density at radius 1 is 1.08 bits per heavy atom. The molecule has 0 saturated heterocycles. The zero-order valence-corrected chi connectivity index (χ0v) is 7.12. The zero-order valence-electron chi connectivity index (χ0n) is 7.12. The fourth-order valence-corrected chi connectivity index (χ4v) is 0.519. The van der Waals surface area contributed by atoms with Crippen LogP contribution in [0.2, 0.25) is 0 Å². The second-order valence-electron chi connectivity index (χ2n) is 2.27. The third kappa shape index (κ3) is 5.09. The first-order valence-electron chi connectivity index (χ1n) is 3.46. The van der Waals surface area contributed by atoms with Crippen LogP contribution in [0.1, 0.15) is 0 Å². The van der Waals surface area contributed by atoms with Crippen LogP contribution < -0.4 is 22.9 Å². The molecule has 0 aliphatic rings. The second-order valence-corrected chi connectivity index (χ2v) is 2.27. The molecule has 0 heterocycles. The summed E-state index contributed by atoms with van der Waals surface area (Å²) in [5.74, 6) is -1.54. The molecule has 0 unspecified atom stereocenters. The van der Waals surface area contributed by atoms with E-state index in [0.29, 0.717) is 0 Å². The van der Waals surface area contributed by atoms with Gasteiger partial charge in [-0.2, -0.15) is 0 Å². The van der Waals surface area contributed by atoms with E-state index in [-0.39, 0.29) is 13.1 Å². The number of carbonyl (C=O) groups excluding carboxylic acids is 2. The third-order valence-electron chi connectivity index (χ3n) is 0.933. The van der Waals surface area contributed by atoms with Crippen molar-refractivity contribution >= 4 is 11.9 Å². The molecule has 0 spiro atoms. The predicted molar refractivity (Wildman–Crippen MR) is 38.8 cm³/mol. The minimum atomic E-state index is -1.81. The largest absolute Gasteiger partial charge is 0.557 e. The van der Waals surface area contributed by atoms with Crippen LogP contribution in [0.4, 0.5) is 0 Å². The SMILES string of the molecule is NCC(=O)OC([NH3+])([NH3+])OC(=O)CN. The second kappa shape index (κ2) is 4.72. The van der Waals surface area contributed by atoms with Gasteiger partial charge in [0.1, 0.15) is 0 Å². The molecule has 0 rings (SSSR count).